The molecule has 3 nitrogen and oxygen atoms in total. The molecule has 0 aliphatic heterocycles. The number of hydrogen-bond acceptors (Lipinski definition) is 2. The van der Waals surface area contributed by atoms with Crippen LogP contribution in [-0.4, -0.2) is 11.1 Å². The Morgan fingerprint density at radius 2 is 1.97 bits per heavy atom. The maximum atomic E-state index is 13.1. The molecule has 30 heavy (non-hydrogen) atoms. The number of hydrogen-bond donors (Lipinski definition) is 1. The summed E-state index contributed by atoms with van der Waals surface area (Å²) in [6.07, 6.45) is 4.77. The van der Waals surface area contributed by atoms with Gasteiger partial charge in [-0.1, -0.05) is 42.0 Å². The standard InChI is InChI=1S/C25H24ClFO3/c1-3-22(25(28)29)16(2)23-6-4-5-18(23)13-19-14-20(26)9-12-24(19)30-15-17-7-10-21(27)11-8-17/h3,7-12,14H,1,4-6,13,15H2,2H3,(H,28,29)/b22-16-. The lowest BCUT2D eigenvalue weighted by Gasteiger charge is -2.15. The summed E-state index contributed by atoms with van der Waals surface area (Å²) < 4.78 is 19.1. The molecular formula is C25H24ClFO3. The van der Waals surface area contributed by atoms with Crippen molar-refractivity contribution >= 4 is 17.6 Å². The van der Waals surface area contributed by atoms with Gasteiger partial charge in [-0.2, -0.15) is 0 Å². The molecule has 0 unspecified atom stereocenters. The fraction of sp³-hybridized carbons (Fsp3) is 0.240. The van der Waals surface area contributed by atoms with Crippen LogP contribution in [0.5, 0.6) is 5.75 Å². The largest absolute Gasteiger partial charge is 0.489 e. The molecule has 0 spiro atoms. The van der Waals surface area contributed by atoms with Crippen LogP contribution in [0.3, 0.4) is 0 Å². The summed E-state index contributed by atoms with van der Waals surface area (Å²) in [5, 5.41) is 10.1. The zero-order valence-electron chi connectivity index (χ0n) is 16.9. The lowest BCUT2D eigenvalue weighted by atomic mass is 9.94. The first-order chi connectivity index (χ1) is 14.4. The van der Waals surface area contributed by atoms with Crippen molar-refractivity contribution in [1.82, 2.24) is 0 Å². The molecule has 0 fully saturated rings. The maximum Gasteiger partial charge on any atom is 0.335 e. The van der Waals surface area contributed by atoms with Gasteiger partial charge in [0.05, 0.1) is 5.57 Å². The first kappa shape index (κ1) is 21.8. The van der Waals surface area contributed by atoms with E-state index in [1.807, 2.05) is 19.1 Å². The van der Waals surface area contributed by atoms with E-state index >= 15 is 0 Å². The monoisotopic (exact) mass is 426 g/mol. The van der Waals surface area contributed by atoms with Crippen molar-refractivity contribution in [3.05, 3.63) is 99.4 Å². The third kappa shape index (κ3) is 5.19. The third-order valence-corrected chi connectivity index (χ3v) is 5.59. The van der Waals surface area contributed by atoms with Crippen molar-refractivity contribution in [2.45, 2.75) is 39.2 Å². The van der Waals surface area contributed by atoms with Crippen LogP contribution < -0.4 is 4.74 Å². The second-order valence-corrected chi connectivity index (χ2v) is 7.76. The van der Waals surface area contributed by atoms with E-state index in [-0.39, 0.29) is 11.4 Å². The van der Waals surface area contributed by atoms with Crippen molar-refractivity contribution in [1.29, 1.82) is 0 Å². The van der Waals surface area contributed by atoms with Gasteiger partial charge >= 0.3 is 5.97 Å². The van der Waals surface area contributed by atoms with E-state index in [0.29, 0.717) is 23.8 Å². The number of ether oxygens (including phenoxy) is 1. The first-order valence-corrected chi connectivity index (χ1v) is 10.2. The molecule has 0 heterocycles. The fourth-order valence-electron chi connectivity index (χ4n) is 3.82. The Morgan fingerprint density at radius 1 is 1.23 bits per heavy atom. The van der Waals surface area contributed by atoms with E-state index in [0.717, 1.165) is 41.5 Å². The summed E-state index contributed by atoms with van der Waals surface area (Å²) in [5.41, 5.74) is 5.10. The maximum absolute atomic E-state index is 13.1. The number of carboxylic acids is 1. The van der Waals surface area contributed by atoms with Crippen molar-refractivity contribution < 1.29 is 19.0 Å². The minimum Gasteiger partial charge on any atom is -0.489 e. The number of allylic oxidation sites excluding steroid dienone is 3. The molecule has 1 aliphatic rings. The number of halogens is 2. The Kier molecular flexibility index (Phi) is 7.11. The van der Waals surface area contributed by atoms with Crippen LogP contribution in [0.2, 0.25) is 5.02 Å². The van der Waals surface area contributed by atoms with E-state index in [1.54, 1.807) is 18.2 Å². The Hall–Kier alpha value is -2.85. The van der Waals surface area contributed by atoms with Crippen LogP contribution in [0.15, 0.2) is 77.4 Å². The summed E-state index contributed by atoms with van der Waals surface area (Å²) >= 11 is 6.24. The Morgan fingerprint density at radius 3 is 2.63 bits per heavy atom. The molecule has 0 bridgehead atoms. The molecule has 0 saturated heterocycles. The van der Waals surface area contributed by atoms with E-state index < -0.39 is 5.97 Å². The summed E-state index contributed by atoms with van der Waals surface area (Å²) in [5.74, 6) is -0.533. The molecule has 0 aromatic heterocycles. The smallest absolute Gasteiger partial charge is 0.335 e. The predicted molar refractivity (Wildman–Crippen MR) is 117 cm³/mol. The molecular weight excluding hydrogens is 403 g/mol. The predicted octanol–water partition coefficient (Wildman–Crippen LogP) is 6.67. The number of aliphatic carboxylic acids is 1. The lowest BCUT2D eigenvalue weighted by molar-refractivity contribution is -0.132. The van der Waals surface area contributed by atoms with E-state index in [2.05, 4.69) is 6.58 Å². The molecule has 2 aromatic carbocycles. The summed E-state index contributed by atoms with van der Waals surface area (Å²) in [7, 11) is 0. The molecule has 2 aromatic rings. The fourth-order valence-corrected chi connectivity index (χ4v) is 4.01. The van der Waals surface area contributed by atoms with Gasteiger partial charge < -0.3 is 9.84 Å². The van der Waals surface area contributed by atoms with Crippen molar-refractivity contribution in [2.75, 3.05) is 0 Å². The highest BCUT2D eigenvalue weighted by Crippen LogP contribution is 2.37. The number of carbonyl (C=O) groups is 1. The molecule has 0 saturated carbocycles. The topological polar surface area (TPSA) is 46.5 Å². The molecule has 1 N–H and O–H groups in total. The number of rotatable bonds is 8. The normalized spacial score (nSPS) is 14.5. The highest BCUT2D eigenvalue weighted by molar-refractivity contribution is 6.30. The van der Waals surface area contributed by atoms with E-state index in [9.17, 15) is 14.3 Å². The van der Waals surface area contributed by atoms with Crippen LogP contribution in [0, 0.1) is 5.82 Å². The van der Waals surface area contributed by atoms with Gasteiger partial charge in [0, 0.05) is 5.02 Å². The van der Waals surface area contributed by atoms with Gasteiger partial charge in [0.15, 0.2) is 0 Å². The molecule has 156 valence electrons. The van der Waals surface area contributed by atoms with Gasteiger partial charge in [-0.15, -0.1) is 0 Å². The molecule has 0 amide bonds. The molecule has 0 atom stereocenters. The van der Waals surface area contributed by atoms with Gasteiger partial charge in [0.2, 0.25) is 0 Å². The summed E-state index contributed by atoms with van der Waals surface area (Å²) in [6, 6.07) is 11.7. The number of benzene rings is 2. The van der Waals surface area contributed by atoms with E-state index in [4.69, 9.17) is 16.3 Å². The molecule has 1 aliphatic carbocycles. The van der Waals surface area contributed by atoms with Gasteiger partial charge in [-0.05, 0) is 85.2 Å². The van der Waals surface area contributed by atoms with Crippen LogP contribution >= 0.6 is 11.6 Å². The number of carboxylic acid groups (broad SMARTS) is 1. The molecule has 0 radical (unpaired) electrons. The minimum atomic E-state index is -0.965. The molecule has 3 rings (SSSR count). The quantitative estimate of drug-likeness (QED) is 0.379. The molecule has 5 heteroatoms. The Balaban J connectivity index is 1.88. The lowest BCUT2D eigenvalue weighted by Crippen LogP contribution is -2.04. The third-order valence-electron chi connectivity index (χ3n) is 5.36. The second kappa shape index (κ2) is 9.77. The van der Waals surface area contributed by atoms with Gasteiger partial charge in [-0.3, -0.25) is 0 Å². The van der Waals surface area contributed by atoms with Crippen LogP contribution in [0.1, 0.15) is 37.3 Å². The average Bonchev–Trinajstić information content (AvgIpc) is 3.17. The van der Waals surface area contributed by atoms with Crippen molar-refractivity contribution in [2.24, 2.45) is 0 Å². The van der Waals surface area contributed by atoms with Crippen molar-refractivity contribution in [3.63, 3.8) is 0 Å². The first-order valence-electron chi connectivity index (χ1n) is 9.82. The second-order valence-electron chi connectivity index (χ2n) is 7.33. The highest BCUT2D eigenvalue weighted by atomic mass is 35.5. The van der Waals surface area contributed by atoms with E-state index in [1.165, 1.54) is 23.8 Å². The SMILES string of the molecule is C=C/C(C(=O)O)=C(\C)C1=C(Cc2cc(Cl)ccc2OCc2ccc(F)cc2)CCC1. The van der Waals surface area contributed by atoms with Crippen LogP contribution in [0.25, 0.3) is 0 Å². The van der Waals surface area contributed by atoms with Crippen molar-refractivity contribution in [3.8, 4) is 5.75 Å². The summed E-state index contributed by atoms with van der Waals surface area (Å²) in [4.78, 5) is 11.5. The van der Waals surface area contributed by atoms with Crippen LogP contribution in [0.4, 0.5) is 4.39 Å². The minimum absolute atomic E-state index is 0.239. The highest BCUT2D eigenvalue weighted by Gasteiger charge is 2.21. The summed E-state index contributed by atoms with van der Waals surface area (Å²) in [6.45, 7) is 5.81. The van der Waals surface area contributed by atoms with Gasteiger partial charge in [0.1, 0.15) is 18.2 Å². The zero-order valence-corrected chi connectivity index (χ0v) is 17.6. The van der Waals surface area contributed by atoms with Gasteiger partial charge in [-0.25, -0.2) is 9.18 Å². The zero-order chi connectivity index (χ0) is 21.7. The Bertz CT molecular complexity index is 1020. The van der Waals surface area contributed by atoms with Crippen LogP contribution in [-0.2, 0) is 17.8 Å². The Labute approximate surface area is 181 Å². The van der Waals surface area contributed by atoms with Gasteiger partial charge in [0.25, 0.3) is 0 Å². The average molecular weight is 427 g/mol.